The van der Waals surface area contributed by atoms with Crippen LogP contribution in [-0.2, 0) is 0 Å². The van der Waals surface area contributed by atoms with Gasteiger partial charge in [-0.1, -0.05) is 0 Å². The van der Waals surface area contributed by atoms with E-state index in [2.05, 4.69) is 9.97 Å². The minimum absolute atomic E-state index is 0.0585. The average Bonchev–Trinajstić information content (AvgIpc) is 2.22. The van der Waals surface area contributed by atoms with E-state index in [-0.39, 0.29) is 16.5 Å². The van der Waals surface area contributed by atoms with Crippen LogP contribution in [0.15, 0.2) is 24.4 Å². The normalized spacial score (nSPS) is 10.4. The van der Waals surface area contributed by atoms with Crippen LogP contribution in [0, 0.1) is 11.6 Å². The SMILES string of the molecule is Oc1cc(F)ccc1-c1nc(Cl)ncc1F. The van der Waals surface area contributed by atoms with Crippen molar-refractivity contribution < 1.29 is 13.9 Å². The molecular weight excluding hydrogens is 238 g/mol. The Morgan fingerprint density at radius 1 is 1.25 bits per heavy atom. The van der Waals surface area contributed by atoms with Gasteiger partial charge in [-0.25, -0.2) is 18.7 Å². The molecule has 2 aromatic rings. The molecule has 1 aromatic carbocycles. The molecule has 6 heteroatoms. The summed E-state index contributed by atoms with van der Waals surface area (Å²) in [4.78, 5) is 7.07. The molecule has 1 aromatic heterocycles. The molecule has 0 spiro atoms. The summed E-state index contributed by atoms with van der Waals surface area (Å²) in [5.74, 6) is -1.78. The molecule has 0 unspecified atom stereocenters. The fraction of sp³-hybridized carbons (Fsp3) is 0. The number of hydrogen-bond acceptors (Lipinski definition) is 3. The number of aromatic nitrogens is 2. The van der Waals surface area contributed by atoms with Gasteiger partial charge < -0.3 is 5.11 Å². The lowest BCUT2D eigenvalue weighted by Crippen LogP contribution is -1.93. The first kappa shape index (κ1) is 10.8. The number of aromatic hydroxyl groups is 1. The van der Waals surface area contributed by atoms with Crippen molar-refractivity contribution in [2.45, 2.75) is 0 Å². The van der Waals surface area contributed by atoms with E-state index in [1.807, 2.05) is 0 Å². The first-order valence-electron chi connectivity index (χ1n) is 4.25. The summed E-state index contributed by atoms with van der Waals surface area (Å²) in [6, 6.07) is 3.17. The second-order valence-electron chi connectivity index (χ2n) is 3.00. The van der Waals surface area contributed by atoms with Crippen LogP contribution in [0.3, 0.4) is 0 Å². The van der Waals surface area contributed by atoms with Gasteiger partial charge in [0, 0.05) is 11.6 Å². The average molecular weight is 243 g/mol. The molecule has 0 aliphatic heterocycles. The van der Waals surface area contributed by atoms with Crippen LogP contribution in [0.25, 0.3) is 11.3 Å². The van der Waals surface area contributed by atoms with Gasteiger partial charge in [-0.05, 0) is 23.7 Å². The first-order valence-corrected chi connectivity index (χ1v) is 4.62. The summed E-state index contributed by atoms with van der Waals surface area (Å²) in [5.41, 5.74) is -0.110. The van der Waals surface area contributed by atoms with Gasteiger partial charge in [-0.2, -0.15) is 0 Å². The number of phenols is 1. The van der Waals surface area contributed by atoms with Crippen molar-refractivity contribution in [3.63, 3.8) is 0 Å². The molecule has 0 atom stereocenters. The number of rotatable bonds is 1. The molecule has 0 aliphatic carbocycles. The van der Waals surface area contributed by atoms with Crippen LogP contribution in [0.4, 0.5) is 8.78 Å². The van der Waals surface area contributed by atoms with Crippen LogP contribution in [-0.4, -0.2) is 15.1 Å². The number of benzene rings is 1. The van der Waals surface area contributed by atoms with Crippen LogP contribution in [0.5, 0.6) is 5.75 Å². The summed E-state index contributed by atoms with van der Waals surface area (Å²) in [5, 5.41) is 9.30. The summed E-state index contributed by atoms with van der Waals surface area (Å²) < 4.78 is 26.1. The Bertz CT molecular complexity index is 548. The van der Waals surface area contributed by atoms with Crippen molar-refractivity contribution in [2.75, 3.05) is 0 Å². The van der Waals surface area contributed by atoms with Gasteiger partial charge in [0.1, 0.15) is 17.3 Å². The Balaban J connectivity index is 2.62. The minimum atomic E-state index is -0.744. The minimum Gasteiger partial charge on any atom is -0.507 e. The lowest BCUT2D eigenvalue weighted by atomic mass is 10.1. The van der Waals surface area contributed by atoms with E-state index in [0.29, 0.717) is 0 Å². The third-order valence-electron chi connectivity index (χ3n) is 1.93. The van der Waals surface area contributed by atoms with Crippen molar-refractivity contribution in [1.82, 2.24) is 9.97 Å². The summed E-state index contributed by atoms with van der Waals surface area (Å²) >= 11 is 5.51. The largest absolute Gasteiger partial charge is 0.507 e. The molecule has 0 radical (unpaired) electrons. The second kappa shape index (κ2) is 4.02. The van der Waals surface area contributed by atoms with E-state index < -0.39 is 17.4 Å². The summed E-state index contributed by atoms with van der Waals surface area (Å²) in [6.45, 7) is 0. The molecule has 0 amide bonds. The molecule has 3 nitrogen and oxygen atoms in total. The quantitative estimate of drug-likeness (QED) is 0.782. The Morgan fingerprint density at radius 3 is 2.69 bits per heavy atom. The topological polar surface area (TPSA) is 46.0 Å². The third-order valence-corrected chi connectivity index (χ3v) is 2.11. The number of halogens is 3. The molecule has 16 heavy (non-hydrogen) atoms. The highest BCUT2D eigenvalue weighted by molar-refractivity contribution is 6.28. The van der Waals surface area contributed by atoms with Gasteiger partial charge in [-0.3, -0.25) is 0 Å². The number of nitrogens with zero attached hydrogens (tertiary/aromatic N) is 2. The number of phenolic OH excluding ortho intramolecular Hbond substituents is 1. The fourth-order valence-corrected chi connectivity index (χ4v) is 1.37. The van der Waals surface area contributed by atoms with E-state index in [1.165, 1.54) is 6.07 Å². The maximum Gasteiger partial charge on any atom is 0.223 e. The third kappa shape index (κ3) is 1.94. The smallest absolute Gasteiger partial charge is 0.223 e. The zero-order valence-electron chi connectivity index (χ0n) is 7.78. The zero-order chi connectivity index (χ0) is 11.7. The van der Waals surface area contributed by atoms with Gasteiger partial charge >= 0.3 is 0 Å². The second-order valence-corrected chi connectivity index (χ2v) is 3.34. The summed E-state index contributed by atoms with van der Waals surface area (Å²) in [6.07, 6.45) is 0.882. The summed E-state index contributed by atoms with van der Waals surface area (Å²) in [7, 11) is 0. The Kier molecular flexibility index (Phi) is 2.70. The molecule has 0 bridgehead atoms. The lowest BCUT2D eigenvalue weighted by molar-refractivity contribution is 0.470. The van der Waals surface area contributed by atoms with Crippen LogP contribution in [0.2, 0.25) is 5.28 Å². The van der Waals surface area contributed by atoms with E-state index >= 15 is 0 Å². The van der Waals surface area contributed by atoms with E-state index in [0.717, 1.165) is 18.3 Å². The van der Waals surface area contributed by atoms with Crippen molar-refractivity contribution >= 4 is 11.6 Å². The van der Waals surface area contributed by atoms with E-state index in [4.69, 9.17) is 11.6 Å². The zero-order valence-corrected chi connectivity index (χ0v) is 8.54. The van der Waals surface area contributed by atoms with E-state index in [1.54, 1.807) is 0 Å². The van der Waals surface area contributed by atoms with Gasteiger partial charge in [0.25, 0.3) is 0 Å². The molecule has 0 fully saturated rings. The predicted octanol–water partition coefficient (Wildman–Crippen LogP) is 2.78. The molecule has 1 N–H and O–H groups in total. The van der Waals surface area contributed by atoms with Gasteiger partial charge in [0.2, 0.25) is 5.28 Å². The van der Waals surface area contributed by atoms with Crippen LogP contribution < -0.4 is 0 Å². The van der Waals surface area contributed by atoms with Crippen molar-refractivity contribution in [3.8, 4) is 17.0 Å². The highest BCUT2D eigenvalue weighted by Gasteiger charge is 2.13. The molecule has 0 aliphatic rings. The first-order chi connectivity index (χ1) is 7.58. The van der Waals surface area contributed by atoms with Crippen molar-refractivity contribution in [1.29, 1.82) is 0 Å². The maximum atomic E-state index is 13.3. The molecule has 2 rings (SSSR count). The van der Waals surface area contributed by atoms with Crippen molar-refractivity contribution in [3.05, 3.63) is 41.3 Å². The van der Waals surface area contributed by atoms with E-state index in [9.17, 15) is 13.9 Å². The standard InChI is InChI=1S/C10H5ClF2N2O/c11-10-14-4-7(13)9(15-10)6-2-1-5(12)3-8(6)16/h1-4,16H. The maximum absolute atomic E-state index is 13.3. The molecule has 0 saturated heterocycles. The number of hydrogen-bond donors (Lipinski definition) is 1. The molecule has 1 heterocycles. The van der Waals surface area contributed by atoms with Crippen LogP contribution in [0.1, 0.15) is 0 Å². The predicted molar refractivity (Wildman–Crippen MR) is 54.1 cm³/mol. The Labute approximate surface area is 94.4 Å². The Hall–Kier alpha value is -1.75. The highest BCUT2D eigenvalue weighted by Crippen LogP contribution is 2.30. The molecular formula is C10H5ClF2N2O. The fourth-order valence-electron chi connectivity index (χ4n) is 1.24. The van der Waals surface area contributed by atoms with Gasteiger partial charge in [0.05, 0.1) is 6.20 Å². The molecule has 82 valence electrons. The monoisotopic (exact) mass is 242 g/mol. The van der Waals surface area contributed by atoms with Gasteiger partial charge in [-0.15, -0.1) is 0 Å². The highest BCUT2D eigenvalue weighted by atomic mass is 35.5. The van der Waals surface area contributed by atoms with Gasteiger partial charge in [0.15, 0.2) is 5.82 Å². The van der Waals surface area contributed by atoms with Crippen molar-refractivity contribution in [2.24, 2.45) is 0 Å². The Morgan fingerprint density at radius 2 is 2.00 bits per heavy atom. The van der Waals surface area contributed by atoms with Crippen LogP contribution >= 0.6 is 11.6 Å². The lowest BCUT2D eigenvalue weighted by Gasteiger charge is -2.04. The molecule has 0 saturated carbocycles.